The van der Waals surface area contributed by atoms with Crippen LogP contribution in [0, 0.1) is 5.92 Å². The first kappa shape index (κ1) is 10.0. The van der Waals surface area contributed by atoms with Crippen LogP contribution in [0.2, 0.25) is 0 Å². The Morgan fingerprint density at radius 1 is 1.46 bits per heavy atom. The largest absolute Gasteiger partial charge is 0.480 e. The molecule has 74 valence electrons. The van der Waals surface area contributed by atoms with Crippen LogP contribution in [0.3, 0.4) is 0 Å². The fourth-order valence-corrected chi connectivity index (χ4v) is 1.42. The third-order valence-corrected chi connectivity index (χ3v) is 2.47. The Bertz CT molecular complexity index is 211. The Labute approximate surface area is 77.5 Å². The van der Waals surface area contributed by atoms with Gasteiger partial charge >= 0.3 is 5.97 Å². The molecule has 0 aromatic heterocycles. The van der Waals surface area contributed by atoms with E-state index in [0.717, 1.165) is 19.3 Å². The van der Waals surface area contributed by atoms with Gasteiger partial charge in [0.05, 0.1) is 0 Å². The lowest BCUT2D eigenvalue weighted by Crippen LogP contribution is -2.41. The molecule has 0 heterocycles. The second-order valence-electron chi connectivity index (χ2n) is 3.37. The molecule has 0 aromatic rings. The number of hydrogen-bond donors (Lipinski definition) is 1. The van der Waals surface area contributed by atoms with E-state index in [0.29, 0.717) is 6.54 Å². The van der Waals surface area contributed by atoms with Crippen LogP contribution >= 0.6 is 0 Å². The first-order chi connectivity index (χ1) is 6.15. The lowest BCUT2D eigenvalue weighted by Gasteiger charge is -2.29. The summed E-state index contributed by atoms with van der Waals surface area (Å²) in [7, 11) is 0. The van der Waals surface area contributed by atoms with E-state index in [1.54, 1.807) is 6.92 Å². The van der Waals surface area contributed by atoms with Crippen LogP contribution < -0.4 is 0 Å². The van der Waals surface area contributed by atoms with Gasteiger partial charge < -0.3 is 10.0 Å². The van der Waals surface area contributed by atoms with Crippen LogP contribution in [-0.2, 0) is 9.59 Å². The molecule has 4 heteroatoms. The van der Waals surface area contributed by atoms with E-state index in [4.69, 9.17) is 5.11 Å². The minimum Gasteiger partial charge on any atom is -0.480 e. The Morgan fingerprint density at radius 2 is 2.08 bits per heavy atom. The zero-order chi connectivity index (χ0) is 9.84. The normalized spacial score (nSPS) is 16.4. The van der Waals surface area contributed by atoms with Gasteiger partial charge in [-0.3, -0.25) is 9.59 Å². The molecular weight excluding hydrogens is 170 g/mol. The average Bonchev–Trinajstić information content (AvgIpc) is 1.96. The van der Waals surface area contributed by atoms with Gasteiger partial charge in [-0.1, -0.05) is 6.42 Å². The SMILES string of the molecule is CCN(CC(=O)O)C(=O)C1CCC1. The Kier molecular flexibility index (Phi) is 3.28. The van der Waals surface area contributed by atoms with E-state index in [2.05, 4.69) is 0 Å². The van der Waals surface area contributed by atoms with Crippen LogP contribution in [0.1, 0.15) is 26.2 Å². The van der Waals surface area contributed by atoms with Crippen LogP contribution in [0.4, 0.5) is 0 Å². The molecule has 1 saturated carbocycles. The number of nitrogens with zero attached hydrogens (tertiary/aromatic N) is 1. The van der Waals surface area contributed by atoms with Crippen molar-refractivity contribution >= 4 is 11.9 Å². The van der Waals surface area contributed by atoms with Crippen molar-refractivity contribution in [3.05, 3.63) is 0 Å². The van der Waals surface area contributed by atoms with Gasteiger partial charge in [-0.15, -0.1) is 0 Å². The number of carbonyl (C=O) groups is 2. The molecule has 0 aliphatic heterocycles. The summed E-state index contributed by atoms with van der Waals surface area (Å²) in [6.07, 6.45) is 2.95. The lowest BCUT2D eigenvalue weighted by molar-refractivity contribution is -0.147. The Balaban J connectivity index is 2.44. The van der Waals surface area contributed by atoms with Gasteiger partial charge in [0.15, 0.2) is 0 Å². The van der Waals surface area contributed by atoms with Gasteiger partial charge in [0.25, 0.3) is 0 Å². The highest BCUT2D eigenvalue weighted by molar-refractivity contribution is 5.83. The summed E-state index contributed by atoms with van der Waals surface area (Å²) in [5.41, 5.74) is 0. The zero-order valence-electron chi connectivity index (χ0n) is 7.82. The number of carboxylic acids is 1. The standard InChI is InChI=1S/C9H15NO3/c1-2-10(6-8(11)12)9(13)7-4-3-5-7/h7H,2-6H2,1H3,(H,11,12). The molecule has 0 unspecified atom stereocenters. The fraction of sp³-hybridized carbons (Fsp3) is 0.778. The summed E-state index contributed by atoms with van der Waals surface area (Å²) in [6, 6.07) is 0. The van der Waals surface area contributed by atoms with Gasteiger partial charge in [-0.25, -0.2) is 0 Å². The van der Waals surface area contributed by atoms with Crippen molar-refractivity contribution < 1.29 is 14.7 Å². The minimum atomic E-state index is -0.936. The maximum Gasteiger partial charge on any atom is 0.323 e. The second-order valence-corrected chi connectivity index (χ2v) is 3.37. The molecule has 0 aromatic carbocycles. The lowest BCUT2D eigenvalue weighted by atomic mass is 9.84. The van der Waals surface area contributed by atoms with Crippen molar-refractivity contribution in [1.29, 1.82) is 0 Å². The van der Waals surface area contributed by atoms with Crippen molar-refractivity contribution in [1.82, 2.24) is 4.90 Å². The van der Waals surface area contributed by atoms with Crippen LogP contribution in [0.15, 0.2) is 0 Å². The highest BCUT2D eigenvalue weighted by Gasteiger charge is 2.29. The molecule has 1 N–H and O–H groups in total. The van der Waals surface area contributed by atoms with E-state index in [-0.39, 0.29) is 18.4 Å². The average molecular weight is 185 g/mol. The third-order valence-electron chi connectivity index (χ3n) is 2.47. The molecule has 0 saturated heterocycles. The molecule has 4 nitrogen and oxygen atoms in total. The summed E-state index contributed by atoms with van der Waals surface area (Å²) in [6.45, 7) is 2.13. The number of carboxylic acid groups (broad SMARTS) is 1. The molecule has 1 aliphatic carbocycles. The number of hydrogen-bond acceptors (Lipinski definition) is 2. The van der Waals surface area contributed by atoms with Crippen molar-refractivity contribution in [2.75, 3.05) is 13.1 Å². The van der Waals surface area contributed by atoms with Crippen molar-refractivity contribution in [2.24, 2.45) is 5.92 Å². The number of likely N-dealkylation sites (N-methyl/N-ethyl adjacent to an activating group) is 1. The van der Waals surface area contributed by atoms with E-state index < -0.39 is 5.97 Å². The maximum absolute atomic E-state index is 11.6. The van der Waals surface area contributed by atoms with Crippen molar-refractivity contribution in [3.8, 4) is 0 Å². The molecule has 1 amide bonds. The van der Waals surface area contributed by atoms with Gasteiger partial charge in [0.1, 0.15) is 6.54 Å². The van der Waals surface area contributed by atoms with E-state index >= 15 is 0 Å². The third kappa shape index (κ3) is 2.44. The summed E-state index contributed by atoms with van der Waals surface area (Å²) in [5, 5.41) is 8.54. The molecule has 1 fully saturated rings. The molecule has 13 heavy (non-hydrogen) atoms. The first-order valence-electron chi connectivity index (χ1n) is 4.65. The Morgan fingerprint density at radius 3 is 2.38 bits per heavy atom. The van der Waals surface area contributed by atoms with Gasteiger partial charge in [0.2, 0.25) is 5.91 Å². The molecule has 1 rings (SSSR count). The number of amides is 1. The predicted octanol–water partition coefficient (Wildman–Crippen LogP) is 0.720. The van der Waals surface area contributed by atoms with Gasteiger partial charge in [-0.2, -0.15) is 0 Å². The highest BCUT2D eigenvalue weighted by Crippen LogP contribution is 2.28. The van der Waals surface area contributed by atoms with E-state index in [9.17, 15) is 9.59 Å². The number of aliphatic carboxylic acids is 1. The minimum absolute atomic E-state index is 0.0103. The zero-order valence-corrected chi connectivity index (χ0v) is 7.82. The predicted molar refractivity (Wildman–Crippen MR) is 47.2 cm³/mol. The van der Waals surface area contributed by atoms with Crippen molar-refractivity contribution in [2.45, 2.75) is 26.2 Å². The molecule has 0 spiro atoms. The molecular formula is C9H15NO3. The fourth-order valence-electron chi connectivity index (χ4n) is 1.42. The van der Waals surface area contributed by atoms with E-state index in [1.165, 1.54) is 4.90 Å². The van der Waals surface area contributed by atoms with Crippen molar-refractivity contribution in [3.63, 3.8) is 0 Å². The quantitative estimate of drug-likeness (QED) is 0.702. The summed E-state index contributed by atoms with van der Waals surface area (Å²) < 4.78 is 0. The number of carbonyl (C=O) groups excluding carboxylic acids is 1. The number of rotatable bonds is 4. The summed E-state index contributed by atoms with van der Waals surface area (Å²) >= 11 is 0. The summed E-state index contributed by atoms with van der Waals surface area (Å²) in [5.74, 6) is -0.829. The van der Waals surface area contributed by atoms with E-state index in [1.807, 2.05) is 0 Å². The molecule has 1 aliphatic rings. The van der Waals surface area contributed by atoms with Crippen LogP contribution in [0.5, 0.6) is 0 Å². The van der Waals surface area contributed by atoms with Crippen LogP contribution in [0.25, 0.3) is 0 Å². The first-order valence-corrected chi connectivity index (χ1v) is 4.65. The molecule has 0 atom stereocenters. The molecule has 0 radical (unpaired) electrons. The van der Waals surface area contributed by atoms with Crippen LogP contribution in [-0.4, -0.2) is 35.0 Å². The smallest absolute Gasteiger partial charge is 0.323 e. The van der Waals surface area contributed by atoms with Gasteiger partial charge in [-0.05, 0) is 19.8 Å². The van der Waals surface area contributed by atoms with Gasteiger partial charge in [0, 0.05) is 12.5 Å². The highest BCUT2D eigenvalue weighted by atomic mass is 16.4. The maximum atomic E-state index is 11.6. The summed E-state index contributed by atoms with van der Waals surface area (Å²) in [4.78, 5) is 23.4. The topological polar surface area (TPSA) is 57.6 Å². The second kappa shape index (κ2) is 4.25. The molecule has 0 bridgehead atoms. The monoisotopic (exact) mass is 185 g/mol. The Hall–Kier alpha value is -1.06.